The van der Waals surface area contributed by atoms with Crippen molar-refractivity contribution in [3.63, 3.8) is 0 Å². The zero-order valence-electron chi connectivity index (χ0n) is 17.1. The molecule has 2 N–H and O–H groups in total. The fourth-order valence-corrected chi connectivity index (χ4v) is 3.58. The summed E-state index contributed by atoms with van der Waals surface area (Å²) >= 11 is 0. The van der Waals surface area contributed by atoms with Gasteiger partial charge in [-0.25, -0.2) is 8.42 Å². The van der Waals surface area contributed by atoms with Gasteiger partial charge in [0.1, 0.15) is 18.1 Å². The summed E-state index contributed by atoms with van der Waals surface area (Å²) in [7, 11) is -3.82. The number of ether oxygens (including phenoxy) is 2. The largest absolute Gasteiger partial charge is 0.491 e. The molecule has 0 bridgehead atoms. The highest BCUT2D eigenvalue weighted by Gasteiger charge is 2.16. The van der Waals surface area contributed by atoms with E-state index in [1.807, 2.05) is 6.92 Å². The summed E-state index contributed by atoms with van der Waals surface area (Å²) in [4.78, 5) is 12.5. The molecule has 3 aromatic rings. The van der Waals surface area contributed by atoms with Crippen LogP contribution in [0.1, 0.15) is 23.0 Å². The molecule has 3 rings (SSSR count). The third kappa shape index (κ3) is 6.30. The molecule has 0 aliphatic heterocycles. The second kappa shape index (κ2) is 10.1. The van der Waals surface area contributed by atoms with E-state index >= 15 is 0 Å². The summed E-state index contributed by atoms with van der Waals surface area (Å²) in [5.74, 6) is 0.898. The highest BCUT2D eigenvalue weighted by molar-refractivity contribution is 7.92. The molecule has 31 heavy (non-hydrogen) atoms. The Balaban J connectivity index is 1.58. The van der Waals surface area contributed by atoms with Gasteiger partial charge in [-0.3, -0.25) is 9.52 Å². The van der Waals surface area contributed by atoms with Crippen LogP contribution in [0.3, 0.4) is 0 Å². The number of carbonyl (C=O) groups excluding carboxylic acids is 1. The molecule has 0 aliphatic carbocycles. The van der Waals surface area contributed by atoms with Crippen LogP contribution in [0, 0.1) is 6.92 Å². The van der Waals surface area contributed by atoms with E-state index in [-0.39, 0.29) is 16.6 Å². The van der Waals surface area contributed by atoms with E-state index in [1.54, 1.807) is 31.2 Å². The molecule has 164 valence electrons. The number of amides is 1. The minimum Gasteiger partial charge on any atom is -0.491 e. The Kier molecular flexibility index (Phi) is 7.27. The SMILES string of the molecule is CCOCCOc1ccc(C(=O)Nc2ccc(S(=O)(=O)Nc3cc(C)on3)cc2)cc1. The minimum absolute atomic E-state index is 0.0275. The number of sulfonamides is 1. The van der Waals surface area contributed by atoms with Gasteiger partial charge in [0.2, 0.25) is 0 Å². The number of aromatic nitrogens is 1. The topological polar surface area (TPSA) is 120 Å². The highest BCUT2D eigenvalue weighted by Crippen LogP contribution is 2.19. The van der Waals surface area contributed by atoms with Crippen LogP contribution < -0.4 is 14.8 Å². The molecule has 0 saturated carbocycles. The number of aryl methyl sites for hydroxylation is 1. The van der Waals surface area contributed by atoms with Gasteiger partial charge in [0, 0.05) is 23.9 Å². The number of nitrogens with zero attached hydrogens (tertiary/aromatic N) is 1. The Hall–Kier alpha value is -3.37. The zero-order valence-corrected chi connectivity index (χ0v) is 17.9. The van der Waals surface area contributed by atoms with Gasteiger partial charge in [0.05, 0.1) is 11.5 Å². The maximum absolute atomic E-state index is 12.4. The Bertz CT molecular complexity index is 1110. The van der Waals surface area contributed by atoms with Crippen LogP contribution in [-0.4, -0.2) is 39.3 Å². The summed E-state index contributed by atoms with van der Waals surface area (Å²) in [6, 6.07) is 14.0. The lowest BCUT2D eigenvalue weighted by atomic mass is 10.2. The third-order valence-electron chi connectivity index (χ3n) is 4.11. The number of benzene rings is 2. The van der Waals surface area contributed by atoms with E-state index in [0.29, 0.717) is 42.6 Å². The van der Waals surface area contributed by atoms with Crippen molar-refractivity contribution in [1.82, 2.24) is 5.16 Å². The highest BCUT2D eigenvalue weighted by atomic mass is 32.2. The molecular weight excluding hydrogens is 422 g/mol. The van der Waals surface area contributed by atoms with Crippen LogP contribution >= 0.6 is 0 Å². The van der Waals surface area contributed by atoms with Crippen molar-refractivity contribution in [2.24, 2.45) is 0 Å². The average molecular weight is 445 g/mol. The molecule has 1 amide bonds. The van der Waals surface area contributed by atoms with E-state index in [4.69, 9.17) is 14.0 Å². The second-order valence-electron chi connectivity index (χ2n) is 6.48. The van der Waals surface area contributed by atoms with Crippen LogP contribution in [0.15, 0.2) is 64.0 Å². The van der Waals surface area contributed by atoms with Crippen molar-refractivity contribution < 1.29 is 27.2 Å². The summed E-state index contributed by atoms with van der Waals surface area (Å²) in [6.07, 6.45) is 0. The number of anilines is 2. The van der Waals surface area contributed by atoms with E-state index in [1.165, 1.54) is 30.3 Å². The number of nitrogens with one attached hydrogen (secondary N) is 2. The molecule has 0 aliphatic rings. The van der Waals surface area contributed by atoms with Gasteiger partial charge in [0.15, 0.2) is 5.82 Å². The van der Waals surface area contributed by atoms with E-state index < -0.39 is 10.0 Å². The normalized spacial score (nSPS) is 11.2. The fourth-order valence-electron chi connectivity index (χ4n) is 2.60. The molecule has 0 saturated heterocycles. The van der Waals surface area contributed by atoms with Crippen LogP contribution in [0.4, 0.5) is 11.5 Å². The van der Waals surface area contributed by atoms with Gasteiger partial charge < -0.3 is 19.3 Å². The van der Waals surface area contributed by atoms with Gasteiger partial charge >= 0.3 is 0 Å². The molecule has 0 radical (unpaired) electrons. The van der Waals surface area contributed by atoms with Gasteiger partial charge in [-0.2, -0.15) is 0 Å². The number of hydrogen-bond acceptors (Lipinski definition) is 7. The van der Waals surface area contributed by atoms with Crippen LogP contribution in [-0.2, 0) is 14.8 Å². The van der Waals surface area contributed by atoms with Crippen molar-refractivity contribution in [3.8, 4) is 5.75 Å². The van der Waals surface area contributed by atoms with Crippen molar-refractivity contribution in [2.45, 2.75) is 18.7 Å². The van der Waals surface area contributed by atoms with Gasteiger partial charge in [-0.05, 0) is 62.4 Å². The smallest absolute Gasteiger partial charge is 0.263 e. The monoisotopic (exact) mass is 445 g/mol. The predicted octanol–water partition coefficient (Wildman–Crippen LogP) is 3.45. The van der Waals surface area contributed by atoms with Crippen molar-refractivity contribution in [3.05, 3.63) is 65.9 Å². The lowest BCUT2D eigenvalue weighted by Crippen LogP contribution is -2.14. The quantitative estimate of drug-likeness (QED) is 0.459. The summed E-state index contributed by atoms with van der Waals surface area (Å²) < 4.78 is 42.7. The van der Waals surface area contributed by atoms with E-state index in [0.717, 1.165) is 0 Å². The number of carbonyl (C=O) groups is 1. The van der Waals surface area contributed by atoms with E-state index in [9.17, 15) is 13.2 Å². The van der Waals surface area contributed by atoms with Gasteiger partial charge in [-0.1, -0.05) is 5.16 Å². The molecule has 0 fully saturated rings. The first-order chi connectivity index (χ1) is 14.9. The Labute approximate surface area is 180 Å². The lowest BCUT2D eigenvalue weighted by molar-refractivity contribution is 0.102. The number of hydrogen-bond donors (Lipinski definition) is 2. The maximum atomic E-state index is 12.4. The number of rotatable bonds is 10. The standard InChI is InChI=1S/C21H23N3O6S/c1-3-28-12-13-29-18-8-4-16(5-9-18)21(25)22-17-6-10-19(11-7-17)31(26,27)24-20-14-15(2)30-23-20/h4-11,14H,3,12-13H2,1-2H3,(H,22,25)(H,23,24). The maximum Gasteiger partial charge on any atom is 0.263 e. The molecule has 0 spiro atoms. The summed E-state index contributed by atoms with van der Waals surface area (Å²) in [6.45, 7) is 5.13. The van der Waals surface area contributed by atoms with Crippen molar-refractivity contribution in [2.75, 3.05) is 29.9 Å². The lowest BCUT2D eigenvalue weighted by Gasteiger charge is -2.09. The van der Waals surface area contributed by atoms with E-state index in [2.05, 4.69) is 15.2 Å². The van der Waals surface area contributed by atoms with Gasteiger partial charge in [-0.15, -0.1) is 0 Å². The molecular formula is C21H23N3O6S. The molecule has 1 aromatic heterocycles. The van der Waals surface area contributed by atoms with Crippen molar-refractivity contribution >= 4 is 27.4 Å². The van der Waals surface area contributed by atoms with Crippen LogP contribution in [0.25, 0.3) is 0 Å². The van der Waals surface area contributed by atoms with Crippen LogP contribution in [0.2, 0.25) is 0 Å². The molecule has 1 heterocycles. The molecule has 9 nitrogen and oxygen atoms in total. The zero-order chi connectivity index (χ0) is 22.3. The molecule has 0 atom stereocenters. The fraction of sp³-hybridized carbons (Fsp3) is 0.238. The predicted molar refractivity (Wildman–Crippen MR) is 115 cm³/mol. The first-order valence-corrected chi connectivity index (χ1v) is 11.0. The minimum atomic E-state index is -3.82. The first kappa shape index (κ1) is 22.3. The van der Waals surface area contributed by atoms with Crippen LogP contribution in [0.5, 0.6) is 5.75 Å². The van der Waals surface area contributed by atoms with Crippen molar-refractivity contribution in [1.29, 1.82) is 0 Å². The Morgan fingerprint density at radius 1 is 1.06 bits per heavy atom. The average Bonchev–Trinajstić information content (AvgIpc) is 3.16. The summed E-state index contributed by atoms with van der Waals surface area (Å²) in [5.41, 5.74) is 0.898. The second-order valence-corrected chi connectivity index (χ2v) is 8.16. The Morgan fingerprint density at radius 3 is 2.39 bits per heavy atom. The Morgan fingerprint density at radius 2 is 1.77 bits per heavy atom. The molecule has 10 heteroatoms. The molecule has 0 unspecified atom stereocenters. The molecule has 2 aromatic carbocycles. The third-order valence-corrected chi connectivity index (χ3v) is 5.48. The van der Waals surface area contributed by atoms with Gasteiger partial charge in [0.25, 0.3) is 15.9 Å². The first-order valence-electron chi connectivity index (χ1n) is 9.55. The summed E-state index contributed by atoms with van der Waals surface area (Å²) in [5, 5.41) is 6.34.